The van der Waals surface area contributed by atoms with E-state index >= 15 is 0 Å². The number of piperidine rings is 1. The zero-order valence-corrected chi connectivity index (χ0v) is 18.0. The normalized spacial score (nSPS) is 18.9. The molecule has 6 nitrogen and oxygen atoms in total. The largest absolute Gasteiger partial charge is 0.459 e. The van der Waals surface area contributed by atoms with Gasteiger partial charge in [-0.25, -0.2) is 0 Å². The summed E-state index contributed by atoms with van der Waals surface area (Å²) in [5, 5.41) is 1.28. The zero-order valence-electron chi connectivity index (χ0n) is 17.2. The van der Waals surface area contributed by atoms with Gasteiger partial charge in [-0.3, -0.25) is 9.69 Å². The van der Waals surface area contributed by atoms with Gasteiger partial charge in [-0.05, 0) is 67.5 Å². The van der Waals surface area contributed by atoms with E-state index in [-0.39, 0.29) is 5.91 Å². The Kier molecular flexibility index (Phi) is 5.73. The van der Waals surface area contributed by atoms with Crippen molar-refractivity contribution in [1.29, 1.82) is 0 Å². The van der Waals surface area contributed by atoms with Crippen molar-refractivity contribution in [1.82, 2.24) is 14.2 Å². The average Bonchev–Trinajstić information content (AvgIpc) is 3.48. The predicted molar refractivity (Wildman–Crippen MR) is 120 cm³/mol. The molecule has 158 valence electrons. The van der Waals surface area contributed by atoms with E-state index in [1.165, 1.54) is 16.5 Å². The second-order valence-electron chi connectivity index (χ2n) is 8.33. The molecule has 0 atom stereocenters. The first kappa shape index (κ1) is 19.6. The van der Waals surface area contributed by atoms with Crippen molar-refractivity contribution in [3.8, 4) is 0 Å². The van der Waals surface area contributed by atoms with Crippen molar-refractivity contribution in [2.75, 3.05) is 50.7 Å². The van der Waals surface area contributed by atoms with Crippen LogP contribution in [-0.4, -0.2) is 65.9 Å². The van der Waals surface area contributed by atoms with Crippen LogP contribution >= 0.6 is 11.5 Å². The van der Waals surface area contributed by atoms with Gasteiger partial charge < -0.3 is 14.2 Å². The van der Waals surface area contributed by atoms with Crippen molar-refractivity contribution in [3.63, 3.8) is 0 Å². The van der Waals surface area contributed by atoms with Crippen LogP contribution in [0.5, 0.6) is 0 Å². The molecular formula is C23H28N4O2S. The van der Waals surface area contributed by atoms with Gasteiger partial charge in [0.05, 0.1) is 11.0 Å². The fraction of sp³-hybridized carbons (Fsp3) is 0.478. The van der Waals surface area contributed by atoms with Crippen molar-refractivity contribution < 1.29 is 9.21 Å². The molecule has 2 aromatic heterocycles. The van der Waals surface area contributed by atoms with Crippen LogP contribution in [0, 0.1) is 5.92 Å². The number of likely N-dealkylation sites (tertiary alicyclic amines) is 1. The molecule has 0 unspecified atom stereocenters. The van der Waals surface area contributed by atoms with Gasteiger partial charge in [-0.2, -0.15) is 4.37 Å². The van der Waals surface area contributed by atoms with E-state index in [0.717, 1.165) is 64.5 Å². The number of hydrogen-bond donors (Lipinski definition) is 0. The van der Waals surface area contributed by atoms with Crippen LogP contribution in [0.4, 0.5) is 5.82 Å². The first-order valence-electron chi connectivity index (χ1n) is 10.9. The third kappa shape index (κ3) is 4.09. The van der Waals surface area contributed by atoms with Gasteiger partial charge >= 0.3 is 0 Å². The summed E-state index contributed by atoms with van der Waals surface area (Å²) < 4.78 is 11.2. The Hall–Kier alpha value is -2.38. The fourth-order valence-corrected chi connectivity index (χ4v) is 5.43. The molecule has 30 heavy (non-hydrogen) atoms. The van der Waals surface area contributed by atoms with Crippen LogP contribution in [0.2, 0.25) is 0 Å². The molecule has 1 amide bonds. The number of furan rings is 1. The summed E-state index contributed by atoms with van der Waals surface area (Å²) in [6.07, 6.45) is 4.98. The number of rotatable bonds is 5. The van der Waals surface area contributed by atoms with E-state index in [4.69, 9.17) is 8.79 Å². The molecule has 0 N–H and O–H groups in total. The third-order valence-corrected chi connectivity index (χ3v) is 7.33. The Labute approximate surface area is 181 Å². The molecule has 3 aromatic rings. The van der Waals surface area contributed by atoms with E-state index in [1.54, 1.807) is 29.9 Å². The summed E-state index contributed by atoms with van der Waals surface area (Å²) in [7, 11) is 0. The molecule has 2 aliphatic rings. The molecule has 4 heterocycles. The topological polar surface area (TPSA) is 52.8 Å². The summed E-state index contributed by atoms with van der Waals surface area (Å²) in [5.41, 5.74) is 0. The summed E-state index contributed by atoms with van der Waals surface area (Å²) in [4.78, 5) is 19.4. The van der Waals surface area contributed by atoms with Gasteiger partial charge in [0.1, 0.15) is 5.82 Å². The molecule has 0 saturated carbocycles. The van der Waals surface area contributed by atoms with E-state index < -0.39 is 0 Å². The lowest BCUT2D eigenvalue weighted by atomic mass is 9.93. The Morgan fingerprint density at radius 1 is 1.03 bits per heavy atom. The Morgan fingerprint density at radius 2 is 1.83 bits per heavy atom. The standard InChI is InChI=1S/C23H28N4O2S/c28-23(20-5-3-17-29-20)27-11-8-18(9-12-27)7-10-25-13-15-26(16-14-25)22-19-4-1-2-6-21(19)30-24-22/h1-6,17-18H,7-16H2. The Morgan fingerprint density at radius 3 is 2.60 bits per heavy atom. The number of fused-ring (bicyclic) bond motifs is 1. The Bertz CT molecular complexity index is 970. The van der Waals surface area contributed by atoms with Crippen LogP contribution in [0.3, 0.4) is 0 Å². The monoisotopic (exact) mass is 424 g/mol. The lowest BCUT2D eigenvalue weighted by molar-refractivity contribution is 0.0648. The first-order chi connectivity index (χ1) is 14.8. The maximum Gasteiger partial charge on any atom is 0.289 e. The molecule has 7 heteroatoms. The molecule has 5 rings (SSSR count). The molecule has 0 radical (unpaired) electrons. The lowest BCUT2D eigenvalue weighted by Crippen LogP contribution is -2.47. The minimum atomic E-state index is 0.0316. The van der Waals surface area contributed by atoms with Gasteiger partial charge in [0.25, 0.3) is 5.91 Å². The molecule has 2 aliphatic heterocycles. The minimum absolute atomic E-state index is 0.0316. The number of carbonyl (C=O) groups excluding carboxylic acids is 1. The number of carbonyl (C=O) groups is 1. The minimum Gasteiger partial charge on any atom is -0.459 e. The Balaban J connectivity index is 1.06. The zero-order chi connectivity index (χ0) is 20.3. The second-order valence-corrected chi connectivity index (χ2v) is 9.14. The van der Waals surface area contributed by atoms with Crippen molar-refractivity contribution in [2.45, 2.75) is 19.3 Å². The average molecular weight is 425 g/mol. The number of nitrogens with zero attached hydrogens (tertiary/aromatic N) is 4. The quantitative estimate of drug-likeness (QED) is 0.621. The predicted octanol–water partition coefficient (Wildman–Crippen LogP) is 3.95. The summed E-state index contributed by atoms with van der Waals surface area (Å²) in [6, 6.07) is 12.0. The van der Waals surface area contributed by atoms with Crippen LogP contribution in [-0.2, 0) is 0 Å². The molecule has 0 bridgehead atoms. The number of amides is 1. The van der Waals surface area contributed by atoms with Crippen molar-refractivity contribution in [3.05, 3.63) is 48.4 Å². The third-order valence-electron chi connectivity index (χ3n) is 6.52. The van der Waals surface area contributed by atoms with Gasteiger partial charge in [-0.15, -0.1) is 0 Å². The number of piperazine rings is 1. The van der Waals surface area contributed by atoms with Crippen LogP contribution in [0.25, 0.3) is 10.1 Å². The highest BCUT2D eigenvalue weighted by Crippen LogP contribution is 2.30. The molecule has 2 fully saturated rings. The molecule has 0 aliphatic carbocycles. The summed E-state index contributed by atoms with van der Waals surface area (Å²) >= 11 is 1.60. The van der Waals surface area contributed by atoms with Gasteiger partial charge in [0.15, 0.2) is 5.76 Å². The highest BCUT2D eigenvalue weighted by atomic mass is 32.1. The summed E-state index contributed by atoms with van der Waals surface area (Å²) in [5.74, 6) is 2.36. The summed E-state index contributed by atoms with van der Waals surface area (Å²) in [6.45, 7) is 7.13. The molecule has 2 saturated heterocycles. The number of benzene rings is 1. The molecule has 1 aromatic carbocycles. The first-order valence-corrected chi connectivity index (χ1v) is 11.7. The maximum absolute atomic E-state index is 12.4. The second kappa shape index (κ2) is 8.78. The lowest BCUT2D eigenvalue weighted by Gasteiger charge is -2.37. The van der Waals surface area contributed by atoms with Crippen molar-refractivity contribution >= 4 is 33.3 Å². The fourth-order valence-electron chi connectivity index (χ4n) is 4.63. The highest BCUT2D eigenvalue weighted by Gasteiger charge is 2.26. The SMILES string of the molecule is O=C(c1ccco1)N1CCC(CCN2CCN(c3nsc4ccccc34)CC2)CC1. The van der Waals surface area contributed by atoms with Crippen LogP contribution < -0.4 is 4.90 Å². The van der Waals surface area contributed by atoms with Gasteiger partial charge in [-0.1, -0.05) is 12.1 Å². The van der Waals surface area contributed by atoms with E-state index in [9.17, 15) is 4.79 Å². The number of anilines is 1. The van der Waals surface area contributed by atoms with Gasteiger partial charge in [0, 0.05) is 44.7 Å². The van der Waals surface area contributed by atoms with Crippen LogP contribution in [0.1, 0.15) is 29.8 Å². The number of aromatic nitrogens is 1. The molecule has 0 spiro atoms. The highest BCUT2D eigenvalue weighted by molar-refractivity contribution is 7.13. The van der Waals surface area contributed by atoms with Gasteiger partial charge in [0.2, 0.25) is 0 Å². The van der Waals surface area contributed by atoms with E-state index in [0.29, 0.717) is 11.7 Å². The van der Waals surface area contributed by atoms with E-state index in [2.05, 4.69) is 34.1 Å². The maximum atomic E-state index is 12.4. The number of hydrogen-bond acceptors (Lipinski definition) is 6. The van der Waals surface area contributed by atoms with Crippen molar-refractivity contribution in [2.24, 2.45) is 5.92 Å². The van der Waals surface area contributed by atoms with Crippen LogP contribution in [0.15, 0.2) is 47.1 Å². The molecular weight excluding hydrogens is 396 g/mol. The smallest absolute Gasteiger partial charge is 0.289 e. The van der Waals surface area contributed by atoms with E-state index in [1.807, 2.05) is 4.90 Å².